The highest BCUT2D eigenvalue weighted by Crippen LogP contribution is 2.35. The highest BCUT2D eigenvalue weighted by molar-refractivity contribution is 6.02. The van der Waals surface area contributed by atoms with E-state index >= 15 is 0 Å². The topological polar surface area (TPSA) is 63.6 Å². The molecule has 0 aromatic carbocycles. The molecule has 0 unspecified atom stereocenters. The number of ether oxygens (including phenoxy) is 1. The van der Waals surface area contributed by atoms with Gasteiger partial charge >= 0.3 is 5.97 Å². The summed E-state index contributed by atoms with van der Waals surface area (Å²) in [6.45, 7) is 6.46. The minimum Gasteiger partial charge on any atom is -0.460 e. The second-order valence-electron chi connectivity index (χ2n) is 7.18. The van der Waals surface area contributed by atoms with E-state index in [1.807, 2.05) is 0 Å². The minimum absolute atomic E-state index is 0.131. The van der Waals surface area contributed by atoms with E-state index in [0.29, 0.717) is 24.2 Å². The van der Waals surface area contributed by atoms with E-state index in [9.17, 15) is 14.7 Å². The molecular formula is C18H28O4. The van der Waals surface area contributed by atoms with Gasteiger partial charge in [-0.15, -0.1) is 0 Å². The molecule has 124 valence electrons. The number of carbonyl (C=O) groups is 2. The standard InChI is InChI=1S/C18H28O4/c1-11(2)13-9-8-12(3)10-16(13)22-18(21)17(20)14-6-4-5-7-15(14)19/h6,11-13,16-17,20H,4-5,7-10H2,1-3H3/t12-,13+,16-,17-/m1/s1. The lowest BCUT2D eigenvalue weighted by Gasteiger charge is -2.37. The van der Waals surface area contributed by atoms with Crippen molar-refractivity contribution in [2.75, 3.05) is 0 Å². The first kappa shape index (κ1) is 17.2. The first-order valence-electron chi connectivity index (χ1n) is 8.52. The Labute approximate surface area is 132 Å². The Morgan fingerprint density at radius 3 is 2.73 bits per heavy atom. The molecule has 4 atom stereocenters. The molecular weight excluding hydrogens is 280 g/mol. The van der Waals surface area contributed by atoms with Crippen LogP contribution in [0.25, 0.3) is 0 Å². The molecule has 0 spiro atoms. The van der Waals surface area contributed by atoms with Crippen LogP contribution in [0.4, 0.5) is 0 Å². The molecule has 1 N–H and O–H groups in total. The average Bonchev–Trinajstić information content (AvgIpc) is 2.46. The number of aliphatic hydroxyl groups is 1. The van der Waals surface area contributed by atoms with Crippen molar-refractivity contribution in [2.24, 2.45) is 17.8 Å². The van der Waals surface area contributed by atoms with Gasteiger partial charge < -0.3 is 9.84 Å². The minimum atomic E-state index is -1.42. The molecule has 22 heavy (non-hydrogen) atoms. The van der Waals surface area contributed by atoms with E-state index in [2.05, 4.69) is 20.8 Å². The van der Waals surface area contributed by atoms with E-state index in [0.717, 1.165) is 32.1 Å². The van der Waals surface area contributed by atoms with Gasteiger partial charge in [0.1, 0.15) is 6.10 Å². The number of hydrogen-bond donors (Lipinski definition) is 1. The Balaban J connectivity index is 2.02. The van der Waals surface area contributed by atoms with Crippen molar-refractivity contribution in [2.45, 2.75) is 71.5 Å². The number of hydrogen-bond acceptors (Lipinski definition) is 4. The zero-order chi connectivity index (χ0) is 16.3. The second-order valence-corrected chi connectivity index (χ2v) is 7.18. The molecule has 0 aromatic heterocycles. The maximum Gasteiger partial charge on any atom is 0.340 e. The van der Waals surface area contributed by atoms with Crippen molar-refractivity contribution >= 4 is 11.8 Å². The summed E-state index contributed by atoms with van der Waals surface area (Å²) in [7, 11) is 0. The number of esters is 1. The predicted molar refractivity (Wildman–Crippen MR) is 84.2 cm³/mol. The predicted octanol–water partition coefficient (Wildman–Crippen LogP) is 3.03. The van der Waals surface area contributed by atoms with Crippen molar-refractivity contribution in [1.29, 1.82) is 0 Å². The molecule has 4 nitrogen and oxygen atoms in total. The van der Waals surface area contributed by atoms with Crippen molar-refractivity contribution in [3.8, 4) is 0 Å². The fourth-order valence-corrected chi connectivity index (χ4v) is 3.63. The first-order valence-corrected chi connectivity index (χ1v) is 8.52. The molecule has 1 fully saturated rings. The third kappa shape index (κ3) is 3.97. The summed E-state index contributed by atoms with van der Waals surface area (Å²) in [5, 5.41) is 10.2. The fraction of sp³-hybridized carbons (Fsp3) is 0.778. The van der Waals surface area contributed by atoms with Crippen molar-refractivity contribution in [3.05, 3.63) is 11.6 Å². The van der Waals surface area contributed by atoms with Crippen LogP contribution in [0.1, 0.15) is 59.3 Å². The molecule has 0 heterocycles. The van der Waals surface area contributed by atoms with Crippen LogP contribution < -0.4 is 0 Å². The first-order chi connectivity index (χ1) is 10.4. The highest BCUT2D eigenvalue weighted by atomic mass is 16.6. The second kappa shape index (κ2) is 7.40. The van der Waals surface area contributed by atoms with Gasteiger partial charge in [-0.3, -0.25) is 4.79 Å². The Hall–Kier alpha value is -1.16. The summed E-state index contributed by atoms with van der Waals surface area (Å²) >= 11 is 0. The fourth-order valence-electron chi connectivity index (χ4n) is 3.63. The number of allylic oxidation sites excluding steroid dienone is 1. The molecule has 0 aliphatic heterocycles. The van der Waals surface area contributed by atoms with Crippen LogP contribution >= 0.6 is 0 Å². The van der Waals surface area contributed by atoms with E-state index < -0.39 is 12.1 Å². The van der Waals surface area contributed by atoms with Crippen molar-refractivity contribution < 1.29 is 19.4 Å². The average molecular weight is 308 g/mol. The van der Waals surface area contributed by atoms with Crippen LogP contribution in [-0.4, -0.2) is 29.1 Å². The number of carbonyl (C=O) groups excluding carboxylic acids is 2. The lowest BCUT2D eigenvalue weighted by atomic mass is 9.75. The lowest BCUT2D eigenvalue weighted by Crippen LogP contribution is -2.39. The Morgan fingerprint density at radius 2 is 2.09 bits per heavy atom. The zero-order valence-electron chi connectivity index (χ0n) is 13.9. The van der Waals surface area contributed by atoms with E-state index in [1.165, 1.54) is 0 Å². The lowest BCUT2D eigenvalue weighted by molar-refractivity contribution is -0.164. The number of aliphatic hydroxyl groups excluding tert-OH is 1. The van der Waals surface area contributed by atoms with Crippen LogP contribution in [-0.2, 0) is 14.3 Å². The molecule has 2 aliphatic rings. The SMILES string of the molecule is CC(C)[C@@H]1CC[C@@H](C)C[C@H]1OC(=O)[C@H](O)C1=CCCCC1=O. The maximum atomic E-state index is 12.3. The Kier molecular flexibility index (Phi) is 5.79. The van der Waals surface area contributed by atoms with Gasteiger partial charge in [-0.05, 0) is 43.4 Å². The van der Waals surface area contributed by atoms with Crippen molar-refractivity contribution in [1.82, 2.24) is 0 Å². The molecule has 4 heteroatoms. The molecule has 2 rings (SSSR count). The largest absolute Gasteiger partial charge is 0.460 e. The van der Waals surface area contributed by atoms with Gasteiger partial charge in [0, 0.05) is 12.0 Å². The van der Waals surface area contributed by atoms with Crippen LogP contribution in [0.5, 0.6) is 0 Å². The Morgan fingerprint density at radius 1 is 1.36 bits per heavy atom. The smallest absolute Gasteiger partial charge is 0.340 e. The Bertz CT molecular complexity index is 452. The van der Waals surface area contributed by atoms with Gasteiger partial charge in [-0.1, -0.05) is 33.3 Å². The normalized spacial score (nSPS) is 30.9. The summed E-state index contributed by atoms with van der Waals surface area (Å²) in [6, 6.07) is 0. The molecule has 0 saturated heterocycles. The van der Waals surface area contributed by atoms with Gasteiger partial charge in [-0.25, -0.2) is 4.79 Å². The number of Topliss-reactive ketones (excluding diaryl/α,β-unsaturated/α-hetero) is 1. The quantitative estimate of drug-likeness (QED) is 0.811. The van der Waals surface area contributed by atoms with Crippen LogP contribution in [0, 0.1) is 17.8 Å². The van der Waals surface area contributed by atoms with Gasteiger partial charge in [-0.2, -0.15) is 0 Å². The molecule has 0 amide bonds. The summed E-state index contributed by atoms with van der Waals surface area (Å²) in [4.78, 5) is 24.1. The summed E-state index contributed by atoms with van der Waals surface area (Å²) in [6.07, 6.45) is 5.10. The van der Waals surface area contributed by atoms with Gasteiger partial charge in [0.2, 0.25) is 0 Å². The van der Waals surface area contributed by atoms with Gasteiger partial charge in [0.05, 0.1) is 0 Å². The highest BCUT2D eigenvalue weighted by Gasteiger charge is 2.36. The molecule has 0 aromatic rings. The molecule has 2 aliphatic carbocycles. The van der Waals surface area contributed by atoms with E-state index in [4.69, 9.17) is 4.74 Å². The van der Waals surface area contributed by atoms with Crippen LogP contribution in [0.2, 0.25) is 0 Å². The van der Waals surface area contributed by atoms with E-state index in [1.54, 1.807) is 6.08 Å². The number of rotatable bonds is 4. The molecule has 1 saturated carbocycles. The van der Waals surface area contributed by atoms with Crippen molar-refractivity contribution in [3.63, 3.8) is 0 Å². The summed E-state index contributed by atoms with van der Waals surface area (Å²) < 4.78 is 5.62. The van der Waals surface area contributed by atoms with Crippen LogP contribution in [0.15, 0.2) is 11.6 Å². The van der Waals surface area contributed by atoms with Gasteiger partial charge in [0.25, 0.3) is 0 Å². The summed E-state index contributed by atoms with van der Waals surface area (Å²) in [5.74, 6) is 0.515. The third-order valence-electron chi connectivity index (χ3n) is 5.04. The maximum absolute atomic E-state index is 12.3. The monoisotopic (exact) mass is 308 g/mol. The molecule has 0 radical (unpaired) electrons. The van der Waals surface area contributed by atoms with Gasteiger partial charge in [0.15, 0.2) is 11.9 Å². The summed E-state index contributed by atoms with van der Waals surface area (Å²) in [5.41, 5.74) is 0.223. The van der Waals surface area contributed by atoms with E-state index in [-0.39, 0.29) is 17.5 Å². The van der Waals surface area contributed by atoms with Crippen LogP contribution in [0.3, 0.4) is 0 Å². The zero-order valence-corrected chi connectivity index (χ0v) is 13.9. The molecule has 0 bridgehead atoms. The number of ketones is 1. The third-order valence-corrected chi connectivity index (χ3v) is 5.04.